The maximum atomic E-state index is 12.2. The van der Waals surface area contributed by atoms with Crippen LogP contribution >= 0.6 is 0 Å². The largest absolute Gasteiger partial charge is 0.618 e. The van der Waals surface area contributed by atoms with Crippen LogP contribution in [0.4, 0.5) is 0 Å². The molecule has 3 rings (SSSR count). The third-order valence-electron chi connectivity index (χ3n) is 3.08. The average Bonchev–Trinajstić information content (AvgIpc) is 3.00. The molecule has 1 unspecified atom stereocenters. The van der Waals surface area contributed by atoms with Crippen molar-refractivity contribution in [1.29, 1.82) is 0 Å². The molecule has 0 N–H and O–H groups in total. The van der Waals surface area contributed by atoms with E-state index in [9.17, 15) is 9.42 Å². The van der Waals surface area contributed by atoms with Crippen molar-refractivity contribution in [2.45, 2.75) is 17.9 Å². The van der Waals surface area contributed by atoms with E-state index in [0.29, 0.717) is 16.3 Å². The van der Waals surface area contributed by atoms with Gasteiger partial charge in [-0.2, -0.15) is 4.73 Å². The van der Waals surface area contributed by atoms with Gasteiger partial charge in [-0.25, -0.2) is 4.21 Å². The Bertz CT molecular complexity index is 815. The summed E-state index contributed by atoms with van der Waals surface area (Å²) in [7, 11) is -1.56. The van der Waals surface area contributed by atoms with Crippen LogP contribution < -0.4 is 4.73 Å². The summed E-state index contributed by atoms with van der Waals surface area (Å²) in [5.41, 5.74) is 2.27. The Balaban J connectivity index is 1.80. The van der Waals surface area contributed by atoms with Crippen LogP contribution in [0.3, 0.4) is 0 Å². The molecule has 0 spiro atoms. The highest BCUT2D eigenvalue weighted by molar-refractivity contribution is 7.83. The van der Waals surface area contributed by atoms with Gasteiger partial charge >= 0.3 is 5.22 Å². The third kappa shape index (κ3) is 3.04. The Labute approximate surface area is 129 Å². The van der Waals surface area contributed by atoms with Crippen LogP contribution in [0.5, 0.6) is 0 Å². The van der Waals surface area contributed by atoms with E-state index in [1.807, 2.05) is 31.2 Å². The molecule has 1 aromatic carbocycles. The first-order chi connectivity index (χ1) is 10.6. The summed E-state index contributed by atoms with van der Waals surface area (Å²) in [6, 6.07) is 12.5. The smallest absolute Gasteiger partial charge is 0.308 e. The zero-order valence-electron chi connectivity index (χ0n) is 11.8. The molecule has 0 amide bonds. The Kier molecular flexibility index (Phi) is 3.97. The molecule has 7 heteroatoms. The Morgan fingerprint density at radius 3 is 2.68 bits per heavy atom. The van der Waals surface area contributed by atoms with Gasteiger partial charge in [0, 0.05) is 17.7 Å². The molecule has 22 heavy (non-hydrogen) atoms. The molecule has 0 aliphatic heterocycles. The minimum absolute atomic E-state index is 0.0134. The number of nitrogens with zero attached hydrogens (tertiary/aromatic N) is 3. The van der Waals surface area contributed by atoms with Crippen LogP contribution in [-0.2, 0) is 16.6 Å². The molecular weight excluding hydrogens is 302 g/mol. The fourth-order valence-electron chi connectivity index (χ4n) is 1.89. The number of aromatic nitrogens is 3. The van der Waals surface area contributed by atoms with Crippen molar-refractivity contribution in [2.75, 3.05) is 0 Å². The SMILES string of the molecule is Cc1ccc(-c2nnc(S(=O)Cc3cccc[n+]3[O-])o2)cc1. The minimum Gasteiger partial charge on any atom is -0.618 e. The van der Waals surface area contributed by atoms with Crippen LogP contribution in [0.1, 0.15) is 11.3 Å². The van der Waals surface area contributed by atoms with Crippen LogP contribution in [0.2, 0.25) is 0 Å². The highest BCUT2D eigenvalue weighted by Crippen LogP contribution is 2.20. The van der Waals surface area contributed by atoms with Crippen LogP contribution in [0, 0.1) is 12.1 Å². The average molecular weight is 315 g/mol. The highest BCUT2D eigenvalue weighted by Gasteiger charge is 2.18. The number of hydrogen-bond acceptors (Lipinski definition) is 5. The first kappa shape index (κ1) is 14.4. The summed E-state index contributed by atoms with van der Waals surface area (Å²) in [6.07, 6.45) is 1.36. The lowest BCUT2D eigenvalue weighted by Crippen LogP contribution is -2.31. The zero-order valence-corrected chi connectivity index (χ0v) is 12.6. The maximum Gasteiger partial charge on any atom is 0.308 e. The fraction of sp³-hybridized carbons (Fsp3) is 0.133. The van der Waals surface area contributed by atoms with Gasteiger partial charge in [0.1, 0.15) is 16.6 Å². The molecule has 2 heterocycles. The molecule has 0 radical (unpaired) electrons. The number of aryl methyl sites for hydroxylation is 1. The quantitative estimate of drug-likeness (QED) is 0.543. The van der Waals surface area contributed by atoms with Crippen molar-refractivity contribution in [2.24, 2.45) is 0 Å². The van der Waals surface area contributed by atoms with Gasteiger partial charge in [-0.15, -0.1) is 5.10 Å². The van der Waals surface area contributed by atoms with Gasteiger partial charge in [0.25, 0.3) is 0 Å². The van der Waals surface area contributed by atoms with Gasteiger partial charge in [-0.05, 0) is 25.1 Å². The van der Waals surface area contributed by atoms with Crippen molar-refractivity contribution in [3.63, 3.8) is 0 Å². The zero-order chi connectivity index (χ0) is 15.5. The second-order valence-corrected chi connectivity index (χ2v) is 6.08. The van der Waals surface area contributed by atoms with Crippen LogP contribution in [-0.4, -0.2) is 14.4 Å². The predicted octanol–water partition coefficient (Wildman–Crippen LogP) is 1.99. The second kappa shape index (κ2) is 6.07. The van der Waals surface area contributed by atoms with Crippen molar-refractivity contribution in [3.05, 3.63) is 65.1 Å². The van der Waals surface area contributed by atoms with Gasteiger partial charge in [0.15, 0.2) is 6.20 Å². The Morgan fingerprint density at radius 2 is 1.95 bits per heavy atom. The molecule has 0 saturated carbocycles. The molecule has 3 aromatic rings. The maximum absolute atomic E-state index is 12.2. The van der Waals surface area contributed by atoms with E-state index in [-0.39, 0.29) is 11.0 Å². The first-order valence-corrected chi connectivity index (χ1v) is 7.91. The normalized spacial score (nSPS) is 12.2. The van der Waals surface area contributed by atoms with E-state index in [4.69, 9.17) is 4.42 Å². The van der Waals surface area contributed by atoms with Crippen molar-refractivity contribution < 1.29 is 13.4 Å². The van der Waals surface area contributed by atoms with Gasteiger partial charge in [-0.3, -0.25) is 0 Å². The van der Waals surface area contributed by atoms with Gasteiger partial charge in [0.05, 0.1) is 0 Å². The topological polar surface area (TPSA) is 82.9 Å². The first-order valence-electron chi connectivity index (χ1n) is 6.59. The molecule has 6 nitrogen and oxygen atoms in total. The molecule has 0 aliphatic rings. The van der Waals surface area contributed by atoms with Crippen LogP contribution in [0.25, 0.3) is 11.5 Å². The number of benzene rings is 1. The predicted molar refractivity (Wildman–Crippen MR) is 80.0 cm³/mol. The Hall–Kier alpha value is -2.54. The standard InChI is InChI=1S/C15H13N3O3S/c1-11-5-7-12(8-6-11)14-16-17-15(21-14)22(20)10-13-4-2-3-9-18(13)19/h2-9H,10H2,1H3. The van der Waals surface area contributed by atoms with E-state index in [1.165, 1.54) is 6.20 Å². The fourth-order valence-corrected chi connectivity index (χ4v) is 2.81. The van der Waals surface area contributed by atoms with Crippen LogP contribution in [0.15, 0.2) is 58.3 Å². The molecule has 112 valence electrons. The molecule has 0 fully saturated rings. The van der Waals surface area contributed by atoms with Crippen molar-refractivity contribution >= 4 is 10.8 Å². The van der Waals surface area contributed by atoms with Gasteiger partial charge in [0.2, 0.25) is 11.6 Å². The Morgan fingerprint density at radius 1 is 1.18 bits per heavy atom. The summed E-state index contributed by atoms with van der Waals surface area (Å²) >= 11 is 0. The van der Waals surface area contributed by atoms with E-state index in [1.54, 1.807) is 18.2 Å². The highest BCUT2D eigenvalue weighted by atomic mass is 32.2. The summed E-state index contributed by atoms with van der Waals surface area (Å²) < 4.78 is 18.4. The van der Waals surface area contributed by atoms with Crippen molar-refractivity contribution in [3.8, 4) is 11.5 Å². The molecule has 0 bridgehead atoms. The number of rotatable bonds is 4. The molecular formula is C15H13N3O3S. The summed E-state index contributed by atoms with van der Waals surface area (Å²) in [6.45, 7) is 1.98. The minimum atomic E-state index is -1.56. The van der Waals surface area contributed by atoms with Crippen molar-refractivity contribution in [1.82, 2.24) is 10.2 Å². The third-order valence-corrected chi connectivity index (χ3v) is 4.20. The number of hydrogen-bond donors (Lipinski definition) is 0. The van der Waals surface area contributed by atoms with E-state index >= 15 is 0 Å². The summed E-state index contributed by atoms with van der Waals surface area (Å²) in [4.78, 5) is 0. The monoisotopic (exact) mass is 315 g/mol. The number of pyridine rings is 1. The second-order valence-electron chi connectivity index (χ2n) is 4.75. The lowest BCUT2D eigenvalue weighted by molar-refractivity contribution is -0.612. The molecule has 2 aromatic heterocycles. The van der Waals surface area contributed by atoms with E-state index in [0.717, 1.165) is 11.1 Å². The summed E-state index contributed by atoms with van der Waals surface area (Å²) in [5, 5.41) is 19.3. The van der Waals surface area contributed by atoms with E-state index in [2.05, 4.69) is 10.2 Å². The lowest BCUT2D eigenvalue weighted by atomic mass is 10.1. The molecule has 0 aliphatic carbocycles. The van der Waals surface area contributed by atoms with Gasteiger partial charge in [-0.1, -0.05) is 22.8 Å². The molecule has 1 atom stereocenters. The molecule has 0 saturated heterocycles. The van der Waals surface area contributed by atoms with E-state index < -0.39 is 10.8 Å². The lowest BCUT2D eigenvalue weighted by Gasteiger charge is -2.01. The summed E-state index contributed by atoms with van der Waals surface area (Å²) in [5.74, 6) is 0.339. The van der Waals surface area contributed by atoms with Gasteiger partial charge < -0.3 is 9.62 Å².